The van der Waals surface area contributed by atoms with Gasteiger partial charge in [0.2, 0.25) is 0 Å². The van der Waals surface area contributed by atoms with Crippen LogP contribution in [0, 0.1) is 5.92 Å². The van der Waals surface area contributed by atoms with Crippen LogP contribution in [0.15, 0.2) is 0 Å². The normalized spacial score (nSPS) is 33.8. The molecule has 2 heterocycles. The topological polar surface area (TPSA) is 44.4 Å². The van der Waals surface area contributed by atoms with Crippen molar-refractivity contribution in [3.63, 3.8) is 0 Å². The molecule has 2 atom stereocenters. The van der Waals surface area contributed by atoms with Crippen LogP contribution in [0.1, 0.15) is 51.9 Å². The molecule has 2 amide bonds. The van der Waals surface area contributed by atoms with Crippen LogP contribution in [0.5, 0.6) is 0 Å². The van der Waals surface area contributed by atoms with E-state index < -0.39 is 0 Å². The first-order valence-electron chi connectivity index (χ1n) is 7.97. The minimum Gasteiger partial charge on any atom is -0.335 e. The van der Waals surface area contributed by atoms with E-state index in [1.165, 1.54) is 25.7 Å². The van der Waals surface area contributed by atoms with E-state index in [4.69, 9.17) is 0 Å². The number of likely N-dealkylation sites (tertiary alicyclic amines) is 1. The Labute approximate surface area is 116 Å². The van der Waals surface area contributed by atoms with Crippen LogP contribution in [0.3, 0.4) is 0 Å². The predicted octanol–water partition coefficient (Wildman–Crippen LogP) is 2.10. The molecule has 0 radical (unpaired) electrons. The first-order chi connectivity index (χ1) is 9.17. The predicted molar refractivity (Wildman–Crippen MR) is 76.1 cm³/mol. The highest BCUT2D eigenvalue weighted by atomic mass is 16.2. The second-order valence-corrected chi connectivity index (χ2v) is 6.89. The maximum absolute atomic E-state index is 12.3. The third-order valence-corrected chi connectivity index (χ3v) is 5.21. The highest BCUT2D eigenvalue weighted by molar-refractivity contribution is 5.74. The van der Waals surface area contributed by atoms with E-state index in [0.717, 1.165) is 38.9 Å². The Bertz CT molecular complexity index is 340. The number of piperidine rings is 2. The zero-order valence-corrected chi connectivity index (χ0v) is 12.1. The minimum absolute atomic E-state index is 0.174. The monoisotopic (exact) mass is 265 g/mol. The second-order valence-electron chi connectivity index (χ2n) is 6.89. The number of hydrogen-bond donors (Lipinski definition) is 2. The molecule has 4 heteroatoms. The average Bonchev–Trinajstić information content (AvgIpc) is 2.37. The molecule has 3 fully saturated rings. The SMILES string of the molecule is CC1CCCN(C(=O)NC2CCNC3(CCC3)C2)C1. The summed E-state index contributed by atoms with van der Waals surface area (Å²) in [5.74, 6) is 0.658. The smallest absolute Gasteiger partial charge is 0.317 e. The van der Waals surface area contributed by atoms with E-state index in [0.29, 0.717) is 17.5 Å². The number of carbonyl (C=O) groups is 1. The summed E-state index contributed by atoms with van der Waals surface area (Å²) >= 11 is 0. The summed E-state index contributed by atoms with van der Waals surface area (Å²) in [5, 5.41) is 6.94. The summed E-state index contributed by atoms with van der Waals surface area (Å²) in [6, 6.07) is 0.555. The molecule has 0 bridgehead atoms. The van der Waals surface area contributed by atoms with Crippen LogP contribution in [-0.2, 0) is 0 Å². The molecule has 108 valence electrons. The second kappa shape index (κ2) is 5.31. The zero-order valence-electron chi connectivity index (χ0n) is 12.1. The highest BCUT2D eigenvalue weighted by Gasteiger charge is 2.41. The molecule has 3 rings (SSSR count). The van der Waals surface area contributed by atoms with Crippen LogP contribution < -0.4 is 10.6 Å². The lowest BCUT2D eigenvalue weighted by molar-refractivity contribution is 0.114. The van der Waals surface area contributed by atoms with Crippen LogP contribution in [0.25, 0.3) is 0 Å². The first-order valence-corrected chi connectivity index (χ1v) is 7.97. The summed E-state index contributed by atoms with van der Waals surface area (Å²) in [6.07, 6.45) is 8.56. The van der Waals surface area contributed by atoms with Crippen molar-refractivity contribution in [2.45, 2.75) is 63.5 Å². The van der Waals surface area contributed by atoms with Gasteiger partial charge in [0, 0.05) is 24.7 Å². The maximum Gasteiger partial charge on any atom is 0.317 e. The fourth-order valence-corrected chi connectivity index (χ4v) is 3.90. The Kier molecular flexibility index (Phi) is 3.70. The molecule has 2 unspecified atom stereocenters. The summed E-state index contributed by atoms with van der Waals surface area (Å²) in [5.41, 5.74) is 0.366. The van der Waals surface area contributed by atoms with Crippen molar-refractivity contribution in [3.05, 3.63) is 0 Å². The Morgan fingerprint density at radius 2 is 2.16 bits per heavy atom. The van der Waals surface area contributed by atoms with Gasteiger partial charge in [0.05, 0.1) is 0 Å². The molecule has 0 aromatic carbocycles. The minimum atomic E-state index is 0.174. The largest absolute Gasteiger partial charge is 0.335 e. The summed E-state index contributed by atoms with van der Waals surface area (Å²) in [7, 11) is 0. The molecular weight excluding hydrogens is 238 g/mol. The van der Waals surface area contributed by atoms with E-state index in [-0.39, 0.29) is 6.03 Å². The average molecular weight is 265 g/mol. The van der Waals surface area contributed by atoms with Gasteiger partial charge in [0.1, 0.15) is 0 Å². The lowest BCUT2D eigenvalue weighted by atomic mass is 9.70. The van der Waals surface area contributed by atoms with Crippen LogP contribution in [-0.4, -0.2) is 42.1 Å². The number of nitrogens with one attached hydrogen (secondary N) is 2. The molecule has 0 aromatic heterocycles. The number of rotatable bonds is 1. The third-order valence-electron chi connectivity index (χ3n) is 5.21. The van der Waals surface area contributed by atoms with Gasteiger partial charge in [-0.2, -0.15) is 0 Å². The Hall–Kier alpha value is -0.770. The van der Waals surface area contributed by atoms with Crippen molar-refractivity contribution in [1.82, 2.24) is 15.5 Å². The number of amides is 2. The van der Waals surface area contributed by atoms with Gasteiger partial charge >= 0.3 is 6.03 Å². The maximum atomic E-state index is 12.3. The molecule has 19 heavy (non-hydrogen) atoms. The van der Waals surface area contributed by atoms with Gasteiger partial charge in [0.25, 0.3) is 0 Å². The molecule has 4 nitrogen and oxygen atoms in total. The van der Waals surface area contributed by atoms with E-state index in [9.17, 15) is 4.79 Å². The van der Waals surface area contributed by atoms with Crippen LogP contribution in [0.2, 0.25) is 0 Å². The number of carbonyl (C=O) groups excluding carboxylic acids is 1. The molecule has 1 aliphatic carbocycles. The molecule has 2 saturated heterocycles. The van der Waals surface area contributed by atoms with Crippen molar-refractivity contribution >= 4 is 6.03 Å². The van der Waals surface area contributed by atoms with Crippen LogP contribution >= 0.6 is 0 Å². The zero-order chi connectivity index (χ0) is 13.3. The van der Waals surface area contributed by atoms with E-state index in [1.54, 1.807) is 0 Å². The molecule has 2 N–H and O–H groups in total. The van der Waals surface area contributed by atoms with Gasteiger partial charge in [-0.25, -0.2) is 4.79 Å². The number of hydrogen-bond acceptors (Lipinski definition) is 2. The van der Waals surface area contributed by atoms with Gasteiger partial charge < -0.3 is 15.5 Å². The Morgan fingerprint density at radius 1 is 1.32 bits per heavy atom. The molecule has 1 saturated carbocycles. The Balaban J connectivity index is 1.51. The van der Waals surface area contributed by atoms with E-state index >= 15 is 0 Å². The quantitative estimate of drug-likeness (QED) is 0.762. The van der Waals surface area contributed by atoms with E-state index in [1.807, 2.05) is 4.90 Å². The van der Waals surface area contributed by atoms with Crippen LogP contribution in [0.4, 0.5) is 4.79 Å². The molecular formula is C15H27N3O. The van der Waals surface area contributed by atoms with Crippen molar-refractivity contribution in [1.29, 1.82) is 0 Å². The van der Waals surface area contributed by atoms with E-state index in [2.05, 4.69) is 17.6 Å². The summed E-state index contributed by atoms with van der Waals surface area (Å²) in [4.78, 5) is 14.3. The summed E-state index contributed by atoms with van der Waals surface area (Å²) in [6.45, 7) is 5.17. The van der Waals surface area contributed by atoms with Crippen molar-refractivity contribution in [3.8, 4) is 0 Å². The third kappa shape index (κ3) is 2.88. The lowest BCUT2D eigenvalue weighted by Gasteiger charge is -2.48. The van der Waals surface area contributed by atoms with Gasteiger partial charge in [-0.05, 0) is 57.4 Å². The van der Waals surface area contributed by atoms with Gasteiger partial charge in [-0.15, -0.1) is 0 Å². The molecule has 2 aliphatic heterocycles. The van der Waals surface area contributed by atoms with Crippen molar-refractivity contribution < 1.29 is 4.79 Å². The summed E-state index contributed by atoms with van der Waals surface area (Å²) < 4.78 is 0. The van der Waals surface area contributed by atoms with Gasteiger partial charge in [0.15, 0.2) is 0 Å². The number of urea groups is 1. The fourth-order valence-electron chi connectivity index (χ4n) is 3.90. The fraction of sp³-hybridized carbons (Fsp3) is 0.933. The standard InChI is InChI=1S/C15H27N3O/c1-12-4-2-9-18(11-12)14(19)17-13-5-8-16-15(10-13)6-3-7-15/h12-13,16H,2-11H2,1H3,(H,17,19). The molecule has 1 spiro atoms. The highest BCUT2D eigenvalue weighted by Crippen LogP contribution is 2.38. The lowest BCUT2D eigenvalue weighted by Crippen LogP contribution is -2.60. The molecule has 3 aliphatic rings. The van der Waals surface area contributed by atoms with Crippen molar-refractivity contribution in [2.24, 2.45) is 5.92 Å². The molecule has 0 aromatic rings. The van der Waals surface area contributed by atoms with Gasteiger partial charge in [-0.1, -0.05) is 6.92 Å². The Morgan fingerprint density at radius 3 is 2.84 bits per heavy atom. The first kappa shape index (κ1) is 13.2. The van der Waals surface area contributed by atoms with Crippen molar-refractivity contribution in [2.75, 3.05) is 19.6 Å². The van der Waals surface area contributed by atoms with Gasteiger partial charge in [-0.3, -0.25) is 0 Å². The number of nitrogens with zero attached hydrogens (tertiary/aromatic N) is 1.